The maximum atomic E-state index is 12.4. The largest absolute Gasteiger partial charge is 0.343 e. The first-order valence-electron chi connectivity index (χ1n) is 7.98. The van der Waals surface area contributed by atoms with Crippen molar-refractivity contribution in [3.8, 4) is 0 Å². The van der Waals surface area contributed by atoms with Gasteiger partial charge in [0.2, 0.25) is 5.91 Å². The van der Waals surface area contributed by atoms with Gasteiger partial charge in [0, 0.05) is 33.1 Å². The van der Waals surface area contributed by atoms with Gasteiger partial charge in [-0.15, -0.1) is 5.10 Å². The highest BCUT2D eigenvalue weighted by molar-refractivity contribution is 5.91. The summed E-state index contributed by atoms with van der Waals surface area (Å²) >= 11 is 0. The minimum absolute atomic E-state index is 0.142. The minimum Gasteiger partial charge on any atom is -0.343 e. The molecule has 1 saturated carbocycles. The zero-order valence-electron chi connectivity index (χ0n) is 13.2. The lowest BCUT2D eigenvalue weighted by Gasteiger charge is -2.41. The predicted molar refractivity (Wildman–Crippen MR) is 80.2 cm³/mol. The number of aromatic nitrogens is 3. The van der Waals surface area contributed by atoms with E-state index in [0.717, 1.165) is 12.8 Å². The van der Waals surface area contributed by atoms with Gasteiger partial charge in [0.05, 0.1) is 12.2 Å². The van der Waals surface area contributed by atoms with E-state index in [1.54, 1.807) is 25.0 Å². The summed E-state index contributed by atoms with van der Waals surface area (Å²) in [6.07, 6.45) is 7.35. The standard InChI is InChI=1S/C15H23N5O2/c1-18(2)15(22)13-10-20(17-16-13)12-8-19(9-12)14(21)11-6-4-3-5-7-11/h10-12H,3-9H2,1-2H3. The molecule has 7 heteroatoms. The number of hydrogen-bond donors (Lipinski definition) is 0. The maximum absolute atomic E-state index is 12.4. The van der Waals surface area contributed by atoms with Gasteiger partial charge in [-0.1, -0.05) is 24.5 Å². The van der Waals surface area contributed by atoms with Crippen LogP contribution in [0.4, 0.5) is 0 Å². The van der Waals surface area contributed by atoms with Crippen LogP contribution in [0, 0.1) is 5.92 Å². The van der Waals surface area contributed by atoms with E-state index in [1.807, 2.05) is 4.90 Å². The lowest BCUT2D eigenvalue weighted by molar-refractivity contribution is -0.142. The third-order valence-electron chi connectivity index (χ3n) is 4.64. The Bertz CT molecular complexity index is 556. The Morgan fingerprint density at radius 3 is 2.50 bits per heavy atom. The van der Waals surface area contributed by atoms with Crippen molar-refractivity contribution in [2.75, 3.05) is 27.2 Å². The molecular weight excluding hydrogens is 282 g/mol. The molecule has 0 radical (unpaired) electrons. The maximum Gasteiger partial charge on any atom is 0.275 e. The van der Waals surface area contributed by atoms with Gasteiger partial charge in [0.1, 0.15) is 0 Å². The van der Waals surface area contributed by atoms with E-state index in [4.69, 9.17) is 0 Å². The van der Waals surface area contributed by atoms with Gasteiger partial charge < -0.3 is 9.80 Å². The van der Waals surface area contributed by atoms with Crippen LogP contribution < -0.4 is 0 Å². The van der Waals surface area contributed by atoms with Gasteiger partial charge in [-0.05, 0) is 12.8 Å². The fourth-order valence-corrected chi connectivity index (χ4v) is 3.19. The summed E-state index contributed by atoms with van der Waals surface area (Å²) < 4.78 is 1.71. The lowest BCUT2D eigenvalue weighted by atomic mass is 9.87. The Morgan fingerprint density at radius 1 is 1.18 bits per heavy atom. The molecule has 0 N–H and O–H groups in total. The summed E-state index contributed by atoms with van der Waals surface area (Å²) in [6.45, 7) is 1.35. The second-order valence-corrected chi connectivity index (χ2v) is 6.52. The second-order valence-electron chi connectivity index (χ2n) is 6.52. The molecule has 3 rings (SSSR count). The second kappa shape index (κ2) is 6.06. The molecule has 1 saturated heterocycles. The molecular formula is C15H23N5O2. The Balaban J connectivity index is 1.55. The minimum atomic E-state index is -0.152. The molecule has 0 spiro atoms. The van der Waals surface area contributed by atoms with Crippen molar-refractivity contribution in [1.29, 1.82) is 0 Å². The zero-order chi connectivity index (χ0) is 15.7. The van der Waals surface area contributed by atoms with Gasteiger partial charge in [0.15, 0.2) is 5.69 Å². The van der Waals surface area contributed by atoms with E-state index in [2.05, 4.69) is 10.3 Å². The normalized spacial score (nSPS) is 19.8. The average molecular weight is 305 g/mol. The van der Waals surface area contributed by atoms with Gasteiger partial charge in [-0.3, -0.25) is 9.59 Å². The van der Waals surface area contributed by atoms with Crippen LogP contribution in [0.2, 0.25) is 0 Å². The number of carbonyl (C=O) groups excluding carboxylic acids is 2. The summed E-state index contributed by atoms with van der Waals surface area (Å²) in [7, 11) is 3.38. The third-order valence-corrected chi connectivity index (χ3v) is 4.64. The highest BCUT2D eigenvalue weighted by atomic mass is 16.2. The smallest absolute Gasteiger partial charge is 0.275 e. The molecule has 1 aliphatic carbocycles. The van der Waals surface area contributed by atoms with Crippen LogP contribution in [-0.2, 0) is 4.79 Å². The van der Waals surface area contributed by atoms with E-state index >= 15 is 0 Å². The summed E-state index contributed by atoms with van der Waals surface area (Å²) in [5.74, 6) is 0.359. The van der Waals surface area contributed by atoms with Crippen LogP contribution in [0.5, 0.6) is 0 Å². The van der Waals surface area contributed by atoms with Gasteiger partial charge in [0.25, 0.3) is 5.91 Å². The third kappa shape index (κ3) is 2.84. The molecule has 1 aromatic heterocycles. The van der Waals surface area contributed by atoms with Crippen molar-refractivity contribution in [2.45, 2.75) is 38.1 Å². The summed E-state index contributed by atoms with van der Waals surface area (Å²) in [5, 5.41) is 7.95. The van der Waals surface area contributed by atoms with E-state index in [9.17, 15) is 9.59 Å². The van der Waals surface area contributed by atoms with Crippen LogP contribution >= 0.6 is 0 Å². The van der Waals surface area contributed by atoms with Crippen LogP contribution in [-0.4, -0.2) is 63.8 Å². The van der Waals surface area contributed by atoms with Crippen LogP contribution in [0.3, 0.4) is 0 Å². The molecule has 0 unspecified atom stereocenters. The van der Waals surface area contributed by atoms with Gasteiger partial charge in [-0.2, -0.15) is 0 Å². The number of carbonyl (C=O) groups is 2. The van der Waals surface area contributed by atoms with Crippen LogP contribution in [0.1, 0.15) is 48.6 Å². The molecule has 2 aliphatic rings. The van der Waals surface area contributed by atoms with Crippen LogP contribution in [0.15, 0.2) is 6.20 Å². The SMILES string of the molecule is CN(C)C(=O)c1cn(C2CN(C(=O)C3CCCCC3)C2)nn1. The van der Waals surface area contributed by atoms with Crippen molar-refractivity contribution in [3.63, 3.8) is 0 Å². The first-order valence-corrected chi connectivity index (χ1v) is 7.98. The zero-order valence-corrected chi connectivity index (χ0v) is 13.2. The van der Waals surface area contributed by atoms with Crippen molar-refractivity contribution >= 4 is 11.8 Å². The van der Waals surface area contributed by atoms with Crippen molar-refractivity contribution < 1.29 is 9.59 Å². The van der Waals surface area contributed by atoms with E-state index in [0.29, 0.717) is 24.7 Å². The lowest BCUT2D eigenvalue weighted by Crippen LogP contribution is -2.53. The topological polar surface area (TPSA) is 71.3 Å². The Hall–Kier alpha value is -1.92. The molecule has 2 fully saturated rings. The molecule has 2 amide bonds. The molecule has 7 nitrogen and oxygen atoms in total. The molecule has 0 atom stereocenters. The number of amides is 2. The molecule has 1 aromatic rings. The molecule has 120 valence electrons. The highest BCUT2D eigenvalue weighted by Gasteiger charge is 2.36. The Morgan fingerprint density at radius 2 is 1.86 bits per heavy atom. The van der Waals surface area contributed by atoms with Crippen molar-refractivity contribution in [2.24, 2.45) is 5.92 Å². The first kappa shape index (κ1) is 15.0. The fraction of sp³-hybridized carbons (Fsp3) is 0.733. The van der Waals surface area contributed by atoms with Crippen molar-refractivity contribution in [1.82, 2.24) is 24.8 Å². The van der Waals surface area contributed by atoms with Gasteiger partial charge in [-0.25, -0.2) is 4.68 Å². The number of likely N-dealkylation sites (tertiary alicyclic amines) is 1. The number of nitrogens with zero attached hydrogens (tertiary/aromatic N) is 5. The summed E-state index contributed by atoms with van der Waals surface area (Å²) in [4.78, 5) is 27.6. The quantitative estimate of drug-likeness (QED) is 0.833. The fourth-order valence-electron chi connectivity index (χ4n) is 3.19. The Labute approximate surface area is 130 Å². The summed E-state index contributed by atoms with van der Waals surface area (Å²) in [5.41, 5.74) is 0.349. The molecule has 22 heavy (non-hydrogen) atoms. The Kier molecular flexibility index (Phi) is 4.13. The van der Waals surface area contributed by atoms with Crippen molar-refractivity contribution in [3.05, 3.63) is 11.9 Å². The highest BCUT2D eigenvalue weighted by Crippen LogP contribution is 2.29. The molecule has 1 aliphatic heterocycles. The molecule has 2 heterocycles. The van der Waals surface area contributed by atoms with E-state index < -0.39 is 0 Å². The number of rotatable bonds is 3. The number of hydrogen-bond acceptors (Lipinski definition) is 4. The predicted octanol–water partition coefficient (Wildman–Crippen LogP) is 0.943. The monoisotopic (exact) mass is 305 g/mol. The van der Waals surface area contributed by atoms with Gasteiger partial charge >= 0.3 is 0 Å². The molecule has 0 bridgehead atoms. The first-order chi connectivity index (χ1) is 10.6. The summed E-state index contributed by atoms with van der Waals surface area (Å²) in [6, 6.07) is 0.142. The van der Waals surface area contributed by atoms with E-state index in [1.165, 1.54) is 24.2 Å². The van der Waals surface area contributed by atoms with E-state index in [-0.39, 0.29) is 17.9 Å². The average Bonchev–Trinajstić information content (AvgIpc) is 2.95. The van der Waals surface area contributed by atoms with Crippen LogP contribution in [0.25, 0.3) is 0 Å². The molecule has 0 aromatic carbocycles.